The maximum atomic E-state index is 14.7. The number of aromatic amines is 1. The summed E-state index contributed by atoms with van der Waals surface area (Å²) in [5, 5.41) is 24.4. The van der Waals surface area contributed by atoms with Crippen molar-refractivity contribution in [3.05, 3.63) is 42.0 Å². The van der Waals surface area contributed by atoms with E-state index >= 15 is 0 Å². The molecule has 1 aromatic carbocycles. The summed E-state index contributed by atoms with van der Waals surface area (Å²) in [4.78, 5) is 22.9. The van der Waals surface area contributed by atoms with Gasteiger partial charge in [-0.15, -0.1) is 0 Å². The van der Waals surface area contributed by atoms with Crippen molar-refractivity contribution in [2.45, 2.75) is 108 Å². The Morgan fingerprint density at radius 1 is 1.02 bits per heavy atom. The predicted molar refractivity (Wildman–Crippen MR) is 174 cm³/mol. The normalized spacial score (nSPS) is 42.9. The molecular weight excluding hydrogens is 568 g/mol. The van der Waals surface area contributed by atoms with E-state index in [9.17, 15) is 15.0 Å². The highest BCUT2D eigenvalue weighted by atomic mass is 32.2. The molecule has 1 heterocycles. The first-order valence-electron chi connectivity index (χ1n) is 17.1. The van der Waals surface area contributed by atoms with E-state index in [2.05, 4.69) is 37.1 Å². The fourth-order valence-electron chi connectivity index (χ4n) is 11.5. The largest absolute Gasteiger partial charge is 0.497 e. The van der Waals surface area contributed by atoms with E-state index in [1.807, 2.05) is 18.2 Å². The van der Waals surface area contributed by atoms with Gasteiger partial charge in [0.1, 0.15) is 5.75 Å². The maximum Gasteiger partial charge on any atom is 0.166 e. The third-order valence-electron chi connectivity index (χ3n) is 14.1. The van der Waals surface area contributed by atoms with Crippen molar-refractivity contribution in [1.29, 1.82) is 0 Å². The molecule has 44 heavy (non-hydrogen) atoms. The highest BCUT2D eigenvalue weighted by Gasteiger charge is 2.74. The zero-order valence-electron chi connectivity index (χ0n) is 26.5. The number of thioether (sulfide) groups is 1. The Morgan fingerprint density at radius 3 is 2.57 bits per heavy atom. The summed E-state index contributed by atoms with van der Waals surface area (Å²) in [6, 6.07) is 5.86. The van der Waals surface area contributed by atoms with Gasteiger partial charge in [0, 0.05) is 39.6 Å². The fraction of sp³-hybridized carbons (Fsp3) is 0.676. The van der Waals surface area contributed by atoms with Gasteiger partial charge in [-0.2, -0.15) is 0 Å². The number of benzene rings is 1. The molecule has 2 spiro atoms. The number of imidazole rings is 1. The number of Topliss-reactive ketones (excluding diaryl/α,β-unsaturated/α-hetero) is 1. The van der Waals surface area contributed by atoms with Crippen molar-refractivity contribution in [2.75, 3.05) is 12.9 Å². The van der Waals surface area contributed by atoms with Crippen LogP contribution in [-0.2, 0) is 4.79 Å². The first kappa shape index (κ1) is 29.3. The molecule has 9 rings (SSSR count). The molecule has 0 amide bonds. The molecule has 8 unspecified atom stereocenters. The number of fused-ring (bicyclic) bond motifs is 2. The van der Waals surface area contributed by atoms with Gasteiger partial charge >= 0.3 is 0 Å². The van der Waals surface area contributed by atoms with Gasteiger partial charge in [0.2, 0.25) is 0 Å². The number of H-pyrrole nitrogens is 1. The van der Waals surface area contributed by atoms with Crippen LogP contribution in [0.2, 0.25) is 0 Å². The second kappa shape index (κ2) is 9.95. The summed E-state index contributed by atoms with van der Waals surface area (Å²) < 4.78 is 5.40. The lowest BCUT2D eigenvalue weighted by atomic mass is 9.32. The van der Waals surface area contributed by atoms with Gasteiger partial charge < -0.3 is 19.9 Å². The number of aliphatic hydroxyl groups is 2. The van der Waals surface area contributed by atoms with Gasteiger partial charge in [-0.05, 0) is 87.2 Å². The molecule has 1 aromatic heterocycles. The molecular formula is C37H48N2O4S. The number of ether oxygens (including phenoxy) is 1. The van der Waals surface area contributed by atoms with Gasteiger partial charge in [0.05, 0.1) is 29.8 Å². The minimum absolute atomic E-state index is 0.0173. The minimum atomic E-state index is -0.860. The zero-order chi connectivity index (χ0) is 30.5. The van der Waals surface area contributed by atoms with Crippen LogP contribution in [0.15, 0.2) is 47.2 Å². The molecule has 0 radical (unpaired) electrons. The number of nitrogens with zero attached hydrogens (tertiary/aromatic N) is 1. The van der Waals surface area contributed by atoms with E-state index in [0.29, 0.717) is 17.5 Å². The number of rotatable bonds is 6. The summed E-state index contributed by atoms with van der Waals surface area (Å²) in [5.74, 6) is 2.43. The molecule has 3 N–H and O–H groups in total. The summed E-state index contributed by atoms with van der Waals surface area (Å²) in [7, 11) is 1.67. The van der Waals surface area contributed by atoms with E-state index in [-0.39, 0.29) is 39.6 Å². The van der Waals surface area contributed by atoms with E-state index in [0.717, 1.165) is 98.1 Å². The standard InChI is InChI=1S/C37H48N2O4S/c1-33-14-11-24(40)20-35(33)17-18-37(26(21-35)31(41)23-7-5-4-6-8-23)29(33)12-15-34(2)30(37)13-16-36(34,42)22-44-32-38-27-10-9-25(43-3)19-28(27)39-32/h9-10,17-19,21,23-24,29-30,40,42H,4-8,11-16,20,22H2,1-3H3,(H,38,39). The van der Waals surface area contributed by atoms with Gasteiger partial charge in [-0.25, -0.2) is 4.98 Å². The van der Waals surface area contributed by atoms with Crippen LogP contribution >= 0.6 is 11.8 Å². The summed E-state index contributed by atoms with van der Waals surface area (Å²) in [6.07, 6.45) is 18.7. The second-order valence-corrected chi connectivity index (χ2v) is 16.7. The Labute approximate surface area is 265 Å². The van der Waals surface area contributed by atoms with E-state index in [1.54, 1.807) is 18.9 Å². The van der Waals surface area contributed by atoms with Crippen LogP contribution in [0, 0.1) is 39.4 Å². The molecule has 7 aliphatic rings. The quantitative estimate of drug-likeness (QED) is 0.231. The topological polar surface area (TPSA) is 95.4 Å². The fourth-order valence-corrected chi connectivity index (χ4v) is 12.7. The van der Waals surface area contributed by atoms with Crippen LogP contribution < -0.4 is 4.74 Å². The van der Waals surface area contributed by atoms with Gasteiger partial charge in [0.25, 0.3) is 0 Å². The van der Waals surface area contributed by atoms with Crippen LogP contribution in [0.4, 0.5) is 0 Å². The number of methoxy groups -OCH3 is 1. The maximum absolute atomic E-state index is 14.7. The number of ketones is 1. The molecule has 8 atom stereocenters. The molecule has 2 bridgehead atoms. The minimum Gasteiger partial charge on any atom is -0.497 e. The molecule has 0 saturated heterocycles. The summed E-state index contributed by atoms with van der Waals surface area (Å²) in [6.45, 7) is 4.80. The lowest BCUT2D eigenvalue weighted by Gasteiger charge is -2.71. The number of aromatic nitrogens is 2. The van der Waals surface area contributed by atoms with Crippen LogP contribution in [0.25, 0.3) is 11.0 Å². The van der Waals surface area contributed by atoms with Crippen LogP contribution in [0.3, 0.4) is 0 Å². The molecule has 236 valence electrons. The van der Waals surface area contributed by atoms with Gasteiger partial charge in [0.15, 0.2) is 10.9 Å². The van der Waals surface area contributed by atoms with Gasteiger partial charge in [-0.1, -0.05) is 63.1 Å². The number of hydrogen-bond donors (Lipinski definition) is 3. The molecule has 2 aromatic rings. The SMILES string of the molecule is COc1ccc2nc(SCC3(O)CCC4C56C=CC7(C=C5C(=O)C5CCCCC5)CC(O)CCC7(C)C6CCC43C)[nH]c2c1. The third-order valence-corrected chi connectivity index (χ3v) is 15.2. The Bertz CT molecular complexity index is 1560. The van der Waals surface area contributed by atoms with Crippen LogP contribution in [-0.4, -0.2) is 50.5 Å². The van der Waals surface area contributed by atoms with Crippen molar-refractivity contribution in [2.24, 2.45) is 39.4 Å². The van der Waals surface area contributed by atoms with Crippen molar-refractivity contribution in [3.8, 4) is 5.75 Å². The number of allylic oxidation sites excluding steroid dienone is 4. The lowest BCUT2D eigenvalue weighted by molar-refractivity contribution is -0.171. The first-order valence-corrected chi connectivity index (χ1v) is 18.1. The number of hydrogen-bond acceptors (Lipinski definition) is 6. The number of carbonyl (C=O) groups excluding carboxylic acids is 1. The van der Waals surface area contributed by atoms with E-state index < -0.39 is 5.60 Å². The molecule has 6 nitrogen and oxygen atoms in total. The number of aliphatic hydroxyl groups excluding tert-OH is 1. The highest BCUT2D eigenvalue weighted by Crippen LogP contribution is 2.78. The molecule has 4 saturated carbocycles. The zero-order valence-corrected chi connectivity index (χ0v) is 27.3. The average Bonchev–Trinajstić information content (AvgIpc) is 3.57. The average molecular weight is 617 g/mol. The predicted octanol–water partition coefficient (Wildman–Crippen LogP) is 7.40. The molecule has 0 aliphatic heterocycles. The Hall–Kier alpha value is -2.09. The number of nitrogens with one attached hydrogen (secondary N) is 1. The Balaban J connectivity index is 1.16. The Morgan fingerprint density at radius 2 is 1.77 bits per heavy atom. The molecule has 4 fully saturated rings. The van der Waals surface area contributed by atoms with Gasteiger partial charge in [-0.3, -0.25) is 4.79 Å². The smallest absolute Gasteiger partial charge is 0.166 e. The summed E-state index contributed by atoms with van der Waals surface area (Å²) in [5.41, 5.74) is 1.14. The van der Waals surface area contributed by atoms with E-state index in [1.165, 1.54) is 6.42 Å². The van der Waals surface area contributed by atoms with E-state index in [4.69, 9.17) is 9.72 Å². The second-order valence-electron chi connectivity index (χ2n) is 15.7. The van der Waals surface area contributed by atoms with Crippen molar-refractivity contribution >= 4 is 28.6 Å². The lowest BCUT2D eigenvalue weighted by Crippen LogP contribution is -2.67. The van der Waals surface area contributed by atoms with Crippen molar-refractivity contribution in [3.63, 3.8) is 0 Å². The highest BCUT2D eigenvalue weighted by molar-refractivity contribution is 7.99. The van der Waals surface area contributed by atoms with Crippen LogP contribution in [0.1, 0.15) is 90.9 Å². The van der Waals surface area contributed by atoms with Crippen molar-refractivity contribution in [1.82, 2.24) is 9.97 Å². The van der Waals surface area contributed by atoms with Crippen LogP contribution in [0.5, 0.6) is 5.75 Å². The molecule has 7 aliphatic carbocycles. The number of carbonyl (C=O) groups is 1. The monoisotopic (exact) mass is 616 g/mol. The third kappa shape index (κ3) is 3.81. The first-order chi connectivity index (χ1) is 21.1. The summed E-state index contributed by atoms with van der Waals surface area (Å²) >= 11 is 1.62. The Kier molecular flexibility index (Phi) is 6.63. The molecule has 7 heteroatoms. The van der Waals surface area contributed by atoms with Crippen molar-refractivity contribution < 1.29 is 19.7 Å².